The zero-order valence-corrected chi connectivity index (χ0v) is 22.7. The van der Waals surface area contributed by atoms with Crippen molar-refractivity contribution in [3.8, 4) is 11.5 Å². The third kappa shape index (κ3) is 6.99. The summed E-state index contributed by atoms with van der Waals surface area (Å²) in [6.45, 7) is 3.52. The van der Waals surface area contributed by atoms with Crippen LogP contribution in [-0.2, 0) is 29.0 Å². The van der Waals surface area contributed by atoms with Gasteiger partial charge in [-0.2, -0.15) is 0 Å². The fraction of sp³-hybridized carbons (Fsp3) is 0.394. The molecule has 0 saturated heterocycles. The molecule has 1 fully saturated rings. The highest BCUT2D eigenvalue weighted by Gasteiger charge is 2.32. The van der Waals surface area contributed by atoms with Crippen LogP contribution < -0.4 is 14.8 Å². The molecule has 0 aromatic heterocycles. The van der Waals surface area contributed by atoms with Gasteiger partial charge in [-0.1, -0.05) is 73.5 Å². The average Bonchev–Trinajstić information content (AvgIpc) is 3.48. The summed E-state index contributed by atoms with van der Waals surface area (Å²) >= 11 is 0. The van der Waals surface area contributed by atoms with Crippen LogP contribution in [0.2, 0.25) is 0 Å². The van der Waals surface area contributed by atoms with E-state index in [0.717, 1.165) is 59.4 Å². The molecule has 3 aromatic carbocycles. The van der Waals surface area contributed by atoms with Crippen LogP contribution in [0.3, 0.4) is 0 Å². The van der Waals surface area contributed by atoms with E-state index in [1.54, 1.807) is 4.90 Å². The highest BCUT2D eigenvalue weighted by atomic mass is 16.6. The Morgan fingerprint density at radius 2 is 1.62 bits per heavy atom. The van der Waals surface area contributed by atoms with Gasteiger partial charge in [0.1, 0.15) is 19.3 Å². The van der Waals surface area contributed by atoms with Crippen molar-refractivity contribution in [2.75, 3.05) is 13.2 Å². The van der Waals surface area contributed by atoms with Crippen LogP contribution in [0.4, 0.5) is 0 Å². The van der Waals surface area contributed by atoms with Crippen molar-refractivity contribution in [3.63, 3.8) is 0 Å². The van der Waals surface area contributed by atoms with Crippen molar-refractivity contribution in [1.29, 1.82) is 0 Å². The van der Waals surface area contributed by atoms with Crippen LogP contribution in [0, 0.1) is 6.92 Å². The van der Waals surface area contributed by atoms with E-state index in [1.807, 2.05) is 66.7 Å². The Labute approximate surface area is 231 Å². The fourth-order valence-corrected chi connectivity index (χ4v) is 5.53. The summed E-state index contributed by atoms with van der Waals surface area (Å²) in [4.78, 5) is 29.6. The van der Waals surface area contributed by atoms with Crippen LogP contribution in [0.1, 0.15) is 54.4 Å². The number of nitrogens with one attached hydrogen (secondary N) is 1. The minimum Gasteiger partial charge on any atom is -0.486 e. The van der Waals surface area contributed by atoms with Crippen molar-refractivity contribution in [2.24, 2.45) is 0 Å². The first-order valence-corrected chi connectivity index (χ1v) is 14.1. The number of benzene rings is 3. The largest absolute Gasteiger partial charge is 0.486 e. The molecular formula is C33H38N2O4. The molecule has 39 heavy (non-hydrogen) atoms. The molecular weight excluding hydrogens is 488 g/mol. The van der Waals surface area contributed by atoms with Gasteiger partial charge in [-0.05, 0) is 60.6 Å². The second-order valence-electron chi connectivity index (χ2n) is 10.6. The van der Waals surface area contributed by atoms with E-state index in [9.17, 15) is 9.59 Å². The van der Waals surface area contributed by atoms with Gasteiger partial charge in [-0.3, -0.25) is 9.59 Å². The Morgan fingerprint density at radius 1 is 0.897 bits per heavy atom. The second-order valence-corrected chi connectivity index (χ2v) is 10.6. The molecule has 204 valence electrons. The maximum absolute atomic E-state index is 14.0. The first-order chi connectivity index (χ1) is 19.1. The topological polar surface area (TPSA) is 67.9 Å². The predicted octanol–water partition coefficient (Wildman–Crippen LogP) is 5.40. The van der Waals surface area contributed by atoms with Gasteiger partial charge in [-0.25, -0.2) is 0 Å². The number of rotatable bonds is 10. The van der Waals surface area contributed by atoms with Crippen LogP contribution in [0.15, 0.2) is 72.8 Å². The molecule has 1 heterocycles. The van der Waals surface area contributed by atoms with Gasteiger partial charge in [0.05, 0.1) is 0 Å². The molecule has 0 unspecified atom stereocenters. The fourth-order valence-electron chi connectivity index (χ4n) is 5.53. The number of nitrogens with zero attached hydrogens (tertiary/aromatic N) is 1. The maximum Gasteiger partial charge on any atom is 0.243 e. The molecule has 1 aliphatic heterocycles. The quantitative estimate of drug-likeness (QED) is 0.384. The molecule has 1 aliphatic carbocycles. The number of carbonyl (C=O) groups is 2. The lowest BCUT2D eigenvalue weighted by molar-refractivity contribution is -0.141. The standard InChI is InChI=1S/C33H38N2O4/c1-24-9-5-6-12-27(24)23-35(32(36)18-16-26-15-17-30-31(22-26)39-20-19-38-30)29(21-25-10-3-2-4-11-25)33(37)34-28-13-7-8-14-28/h2-6,9-12,15,17,22,28-29H,7-8,13-14,16,18-21,23H2,1H3,(H,34,37)/t29-/m1/s1. The molecule has 1 N–H and O–H groups in total. The summed E-state index contributed by atoms with van der Waals surface area (Å²) in [7, 11) is 0. The molecule has 6 heteroatoms. The van der Waals surface area contributed by atoms with Crippen LogP contribution >= 0.6 is 0 Å². The molecule has 1 saturated carbocycles. The summed E-state index contributed by atoms with van der Waals surface area (Å²) in [6.07, 6.45) is 5.60. The van der Waals surface area contributed by atoms with Gasteiger partial charge in [0.15, 0.2) is 11.5 Å². The third-order valence-corrected chi connectivity index (χ3v) is 7.81. The van der Waals surface area contributed by atoms with E-state index in [0.29, 0.717) is 39.0 Å². The Morgan fingerprint density at radius 3 is 2.38 bits per heavy atom. The highest BCUT2D eigenvalue weighted by Crippen LogP contribution is 2.31. The van der Waals surface area contributed by atoms with Crippen molar-refractivity contribution in [3.05, 3.63) is 95.1 Å². The number of fused-ring (bicyclic) bond motifs is 1. The van der Waals surface area contributed by atoms with E-state index in [-0.39, 0.29) is 17.9 Å². The number of amides is 2. The van der Waals surface area contributed by atoms with Gasteiger partial charge in [0.2, 0.25) is 11.8 Å². The van der Waals surface area contributed by atoms with Gasteiger partial charge >= 0.3 is 0 Å². The molecule has 0 radical (unpaired) electrons. The molecule has 2 aliphatic rings. The van der Waals surface area contributed by atoms with E-state index in [1.165, 1.54) is 0 Å². The zero-order chi connectivity index (χ0) is 27.0. The Balaban J connectivity index is 1.40. The molecule has 3 aromatic rings. The Hall–Kier alpha value is -3.80. The number of aryl methyl sites for hydroxylation is 2. The molecule has 1 atom stereocenters. The van der Waals surface area contributed by atoms with E-state index in [4.69, 9.17) is 9.47 Å². The highest BCUT2D eigenvalue weighted by molar-refractivity contribution is 5.88. The van der Waals surface area contributed by atoms with E-state index < -0.39 is 6.04 Å². The SMILES string of the molecule is Cc1ccccc1CN(C(=O)CCc1ccc2c(c1)OCCO2)[C@H](Cc1ccccc1)C(=O)NC1CCCC1. The first-order valence-electron chi connectivity index (χ1n) is 14.1. The van der Waals surface area contributed by atoms with Crippen LogP contribution in [0.5, 0.6) is 11.5 Å². The number of hydrogen-bond donors (Lipinski definition) is 1. The molecule has 0 bridgehead atoms. The Kier molecular flexibility index (Phi) is 8.82. The minimum absolute atomic E-state index is 0.0318. The number of ether oxygens (including phenoxy) is 2. The average molecular weight is 527 g/mol. The third-order valence-electron chi connectivity index (χ3n) is 7.81. The Bertz CT molecular complexity index is 1270. The lowest BCUT2D eigenvalue weighted by Crippen LogP contribution is -2.52. The summed E-state index contributed by atoms with van der Waals surface area (Å²) in [6, 6.07) is 23.5. The normalized spacial score (nSPS) is 15.5. The maximum atomic E-state index is 14.0. The number of carbonyl (C=O) groups excluding carboxylic acids is 2. The van der Waals surface area contributed by atoms with Gasteiger partial charge in [0, 0.05) is 25.4 Å². The second kappa shape index (κ2) is 12.8. The zero-order valence-electron chi connectivity index (χ0n) is 22.7. The van der Waals surface area contributed by atoms with Gasteiger partial charge < -0.3 is 19.7 Å². The van der Waals surface area contributed by atoms with E-state index in [2.05, 4.69) is 18.3 Å². The van der Waals surface area contributed by atoms with Crippen LogP contribution in [0.25, 0.3) is 0 Å². The summed E-state index contributed by atoms with van der Waals surface area (Å²) in [5, 5.41) is 3.28. The monoisotopic (exact) mass is 526 g/mol. The number of hydrogen-bond acceptors (Lipinski definition) is 4. The molecule has 0 spiro atoms. The van der Waals surface area contributed by atoms with Gasteiger partial charge in [0.25, 0.3) is 0 Å². The van der Waals surface area contributed by atoms with Crippen molar-refractivity contribution in [2.45, 2.75) is 70.5 Å². The first kappa shape index (κ1) is 26.8. The minimum atomic E-state index is -0.597. The predicted molar refractivity (Wildman–Crippen MR) is 152 cm³/mol. The van der Waals surface area contributed by atoms with E-state index >= 15 is 0 Å². The smallest absolute Gasteiger partial charge is 0.243 e. The molecule has 6 nitrogen and oxygen atoms in total. The summed E-state index contributed by atoms with van der Waals surface area (Å²) in [5.41, 5.74) is 4.21. The molecule has 5 rings (SSSR count). The van der Waals surface area contributed by atoms with Gasteiger partial charge in [-0.15, -0.1) is 0 Å². The molecule has 2 amide bonds. The van der Waals surface area contributed by atoms with Crippen molar-refractivity contribution >= 4 is 11.8 Å². The van der Waals surface area contributed by atoms with Crippen molar-refractivity contribution < 1.29 is 19.1 Å². The van der Waals surface area contributed by atoms with Crippen LogP contribution in [-0.4, -0.2) is 42.0 Å². The summed E-state index contributed by atoms with van der Waals surface area (Å²) in [5.74, 6) is 1.37. The lowest BCUT2D eigenvalue weighted by Gasteiger charge is -2.33. The van der Waals surface area contributed by atoms with Crippen molar-refractivity contribution in [1.82, 2.24) is 10.2 Å². The summed E-state index contributed by atoms with van der Waals surface area (Å²) < 4.78 is 11.4. The lowest BCUT2D eigenvalue weighted by atomic mass is 10.00.